The van der Waals surface area contributed by atoms with Crippen molar-refractivity contribution in [2.45, 2.75) is 238 Å². The number of carboxylic acids is 1. The Morgan fingerprint density at radius 3 is 1.30 bits per heavy atom. The third-order valence-corrected chi connectivity index (χ3v) is 11.4. The number of quaternary nitrogens is 1. The van der Waals surface area contributed by atoms with E-state index in [1.165, 1.54) is 148 Å². The molecule has 9 heteroatoms. The predicted molar refractivity (Wildman–Crippen MR) is 267 cm³/mol. The molecule has 0 saturated heterocycles. The van der Waals surface area contributed by atoms with Gasteiger partial charge in [0, 0.05) is 12.8 Å². The average molecular weight is 903 g/mol. The Morgan fingerprint density at radius 1 is 0.484 bits per heavy atom. The Kier molecular flexibility index (Phi) is 44.8. The molecule has 0 aliphatic carbocycles. The van der Waals surface area contributed by atoms with Crippen molar-refractivity contribution in [3.05, 3.63) is 48.6 Å². The molecule has 0 aromatic heterocycles. The SMILES string of the molecule is CC/C=C\C/C=C\C/C=C\C/C=C\CCC(=O)OC(COC(=O)CCCCCCCCCCCCCCCCCCCCCCCCCCCC)COC(OCC[N+](C)(C)C)C(=O)O. The van der Waals surface area contributed by atoms with Crippen LogP contribution in [0.4, 0.5) is 0 Å². The summed E-state index contributed by atoms with van der Waals surface area (Å²) < 4.78 is 22.7. The number of carbonyl (C=O) groups is 3. The molecule has 64 heavy (non-hydrogen) atoms. The number of carboxylic acid groups (broad SMARTS) is 1. The van der Waals surface area contributed by atoms with E-state index in [-0.39, 0.29) is 32.2 Å². The van der Waals surface area contributed by atoms with Crippen molar-refractivity contribution in [2.24, 2.45) is 0 Å². The van der Waals surface area contributed by atoms with Crippen LogP contribution in [0.25, 0.3) is 0 Å². The van der Waals surface area contributed by atoms with Crippen LogP contribution in [0.2, 0.25) is 0 Å². The molecule has 0 bridgehead atoms. The minimum atomic E-state index is -1.53. The first-order valence-corrected chi connectivity index (χ1v) is 26.3. The van der Waals surface area contributed by atoms with Gasteiger partial charge in [-0.15, -0.1) is 0 Å². The van der Waals surface area contributed by atoms with Crippen LogP contribution >= 0.6 is 0 Å². The summed E-state index contributed by atoms with van der Waals surface area (Å²) in [4.78, 5) is 37.2. The second kappa shape index (κ2) is 46.8. The van der Waals surface area contributed by atoms with Crippen LogP contribution in [0.15, 0.2) is 48.6 Å². The summed E-state index contributed by atoms with van der Waals surface area (Å²) >= 11 is 0. The van der Waals surface area contributed by atoms with Gasteiger partial charge in [-0.25, -0.2) is 4.79 Å². The topological polar surface area (TPSA) is 108 Å². The smallest absolute Gasteiger partial charge is 0.361 e. The Labute approximate surface area is 393 Å². The molecule has 0 rings (SSSR count). The van der Waals surface area contributed by atoms with E-state index in [1.54, 1.807) is 0 Å². The first kappa shape index (κ1) is 61.2. The highest BCUT2D eigenvalue weighted by Crippen LogP contribution is 2.17. The van der Waals surface area contributed by atoms with Gasteiger partial charge in [0.25, 0.3) is 6.29 Å². The van der Waals surface area contributed by atoms with Crippen LogP contribution in [0.5, 0.6) is 0 Å². The lowest BCUT2D eigenvalue weighted by molar-refractivity contribution is -0.870. The van der Waals surface area contributed by atoms with E-state index in [0.29, 0.717) is 23.9 Å². The maximum atomic E-state index is 12.7. The molecule has 0 aromatic rings. The fraction of sp³-hybridized carbons (Fsp3) is 0.800. The molecule has 0 aliphatic heterocycles. The van der Waals surface area contributed by atoms with Crippen molar-refractivity contribution in [2.75, 3.05) is 47.5 Å². The van der Waals surface area contributed by atoms with E-state index in [0.717, 1.165) is 44.9 Å². The van der Waals surface area contributed by atoms with Crippen LogP contribution in [0.3, 0.4) is 0 Å². The lowest BCUT2D eigenvalue weighted by Crippen LogP contribution is -2.40. The number of esters is 2. The molecule has 9 nitrogen and oxygen atoms in total. The highest BCUT2D eigenvalue weighted by Gasteiger charge is 2.25. The van der Waals surface area contributed by atoms with Gasteiger partial charge in [-0.2, -0.15) is 0 Å². The summed E-state index contributed by atoms with van der Waals surface area (Å²) in [6.07, 6.45) is 53.6. The highest BCUT2D eigenvalue weighted by molar-refractivity contribution is 5.71. The van der Waals surface area contributed by atoms with Crippen molar-refractivity contribution in [1.82, 2.24) is 0 Å². The normalized spacial score (nSPS) is 13.2. The number of ether oxygens (including phenoxy) is 4. The molecular weight excluding hydrogens is 803 g/mol. The predicted octanol–water partition coefficient (Wildman–Crippen LogP) is 14.7. The first-order chi connectivity index (χ1) is 31.1. The number of nitrogens with zero attached hydrogens (tertiary/aromatic N) is 1. The summed E-state index contributed by atoms with van der Waals surface area (Å²) in [5.41, 5.74) is 0. The number of hydrogen-bond acceptors (Lipinski definition) is 7. The van der Waals surface area contributed by atoms with Gasteiger partial charge in [0.15, 0.2) is 6.10 Å². The standard InChI is InChI=1S/C55H99NO8/c1-6-8-10-12-14-16-18-20-21-22-23-24-25-26-27-28-29-30-31-32-34-35-37-39-41-43-45-52(57)62-49-51(50-63-55(54(59)60)61-48-47-56(3,4)5)64-53(58)46-44-42-40-38-36-33-19-17-15-13-11-9-7-2/h9,11,15,17,33,36,40,42,51,55H,6-8,10,12-14,16,18-32,34-35,37-39,41,43-50H2,1-5H3/p+1/b11-9-,17-15-,36-33-,42-40-. The van der Waals surface area contributed by atoms with Gasteiger partial charge in [-0.05, 0) is 38.5 Å². The lowest BCUT2D eigenvalue weighted by atomic mass is 10.0. The third kappa shape index (κ3) is 47.2. The highest BCUT2D eigenvalue weighted by atomic mass is 16.7. The maximum absolute atomic E-state index is 12.7. The zero-order chi connectivity index (χ0) is 47.0. The second-order valence-electron chi connectivity index (χ2n) is 18.8. The molecule has 1 N–H and O–H groups in total. The summed E-state index contributed by atoms with van der Waals surface area (Å²) in [6, 6.07) is 0. The summed E-state index contributed by atoms with van der Waals surface area (Å²) in [5, 5.41) is 9.65. The Bertz CT molecular complexity index is 1190. The van der Waals surface area contributed by atoms with Gasteiger partial charge in [0.05, 0.1) is 34.4 Å². The first-order valence-electron chi connectivity index (χ1n) is 26.3. The average Bonchev–Trinajstić information content (AvgIpc) is 3.26. The monoisotopic (exact) mass is 903 g/mol. The molecular formula is C55H100NO8+. The molecule has 2 unspecified atom stereocenters. The zero-order valence-electron chi connectivity index (χ0n) is 42.2. The summed E-state index contributed by atoms with van der Waals surface area (Å²) in [6.45, 7) is 4.69. The molecule has 0 saturated carbocycles. The quantitative estimate of drug-likeness (QED) is 0.0211. The van der Waals surface area contributed by atoms with Crippen LogP contribution in [0.1, 0.15) is 226 Å². The van der Waals surface area contributed by atoms with Crippen LogP contribution in [-0.4, -0.2) is 87.4 Å². The summed E-state index contributed by atoms with van der Waals surface area (Å²) in [5.74, 6) is -2.11. The number of carbonyl (C=O) groups excluding carboxylic acids is 2. The number of aliphatic carboxylic acids is 1. The molecule has 0 amide bonds. The van der Waals surface area contributed by atoms with E-state index in [2.05, 4.69) is 50.3 Å². The van der Waals surface area contributed by atoms with E-state index < -0.39 is 24.3 Å². The minimum absolute atomic E-state index is 0.140. The summed E-state index contributed by atoms with van der Waals surface area (Å²) in [7, 11) is 5.94. The van der Waals surface area contributed by atoms with Gasteiger partial charge >= 0.3 is 17.9 Å². The maximum Gasteiger partial charge on any atom is 0.361 e. The fourth-order valence-corrected chi connectivity index (χ4v) is 7.32. The zero-order valence-corrected chi connectivity index (χ0v) is 42.2. The van der Waals surface area contributed by atoms with Gasteiger partial charge in [0.1, 0.15) is 13.2 Å². The number of hydrogen-bond donors (Lipinski definition) is 1. The largest absolute Gasteiger partial charge is 0.477 e. The van der Waals surface area contributed by atoms with E-state index in [1.807, 2.05) is 33.3 Å². The Hall–Kier alpha value is -2.75. The van der Waals surface area contributed by atoms with Crippen LogP contribution in [-0.2, 0) is 33.3 Å². The second-order valence-corrected chi connectivity index (χ2v) is 18.8. The molecule has 0 radical (unpaired) electrons. The molecule has 0 aliphatic rings. The molecule has 0 fully saturated rings. The number of likely N-dealkylation sites (N-methyl/N-ethyl adjacent to an activating group) is 1. The Morgan fingerprint density at radius 2 is 0.891 bits per heavy atom. The van der Waals surface area contributed by atoms with Gasteiger partial charge in [-0.1, -0.05) is 223 Å². The number of rotatable bonds is 48. The van der Waals surface area contributed by atoms with Crippen LogP contribution in [0, 0.1) is 0 Å². The third-order valence-electron chi connectivity index (χ3n) is 11.4. The Balaban J connectivity index is 4.21. The van der Waals surface area contributed by atoms with Crippen molar-refractivity contribution in [3.63, 3.8) is 0 Å². The van der Waals surface area contributed by atoms with Crippen molar-refractivity contribution < 1.29 is 42.9 Å². The molecule has 372 valence electrons. The van der Waals surface area contributed by atoms with Gasteiger partial charge < -0.3 is 28.5 Å². The molecule has 2 atom stereocenters. The van der Waals surface area contributed by atoms with Crippen molar-refractivity contribution in [3.8, 4) is 0 Å². The van der Waals surface area contributed by atoms with Gasteiger partial charge in [-0.3, -0.25) is 9.59 Å². The van der Waals surface area contributed by atoms with Crippen LogP contribution < -0.4 is 0 Å². The number of allylic oxidation sites excluding steroid dienone is 8. The van der Waals surface area contributed by atoms with Crippen molar-refractivity contribution in [1.29, 1.82) is 0 Å². The molecule has 0 aromatic carbocycles. The number of unbranched alkanes of at least 4 members (excludes halogenated alkanes) is 25. The minimum Gasteiger partial charge on any atom is -0.477 e. The van der Waals surface area contributed by atoms with E-state index in [9.17, 15) is 19.5 Å². The van der Waals surface area contributed by atoms with E-state index >= 15 is 0 Å². The molecule has 0 heterocycles. The van der Waals surface area contributed by atoms with E-state index in [4.69, 9.17) is 18.9 Å². The lowest BCUT2D eigenvalue weighted by Gasteiger charge is -2.25. The van der Waals surface area contributed by atoms with Crippen molar-refractivity contribution >= 4 is 17.9 Å². The van der Waals surface area contributed by atoms with Gasteiger partial charge in [0.2, 0.25) is 0 Å². The molecule has 0 spiro atoms. The fourth-order valence-electron chi connectivity index (χ4n) is 7.32.